The first-order valence-electron chi connectivity index (χ1n) is 7.66. The Morgan fingerprint density at radius 1 is 1.52 bits per heavy atom. The van der Waals surface area contributed by atoms with Crippen LogP contribution in [-0.2, 0) is 9.47 Å². The van der Waals surface area contributed by atoms with E-state index in [-0.39, 0.29) is 18.3 Å². The molecule has 3 rings (SSSR count). The number of rotatable bonds is 4. The van der Waals surface area contributed by atoms with Crippen LogP contribution in [0.2, 0.25) is 0 Å². The van der Waals surface area contributed by atoms with E-state index in [0.717, 1.165) is 0 Å². The van der Waals surface area contributed by atoms with Crippen LogP contribution in [0.15, 0.2) is 23.3 Å². The Morgan fingerprint density at radius 2 is 2.32 bits per heavy atom. The zero-order chi connectivity index (χ0) is 18.0. The molecule has 0 saturated carbocycles. The zero-order valence-corrected chi connectivity index (χ0v) is 14.4. The second-order valence-electron chi connectivity index (χ2n) is 5.69. The topological polar surface area (TPSA) is 83.6 Å². The third kappa shape index (κ3) is 3.90. The number of hydrazone groups is 1. The lowest BCUT2D eigenvalue weighted by atomic mass is 10.2. The summed E-state index contributed by atoms with van der Waals surface area (Å²) in [6.07, 6.45) is 0.501. The summed E-state index contributed by atoms with van der Waals surface area (Å²) in [5.41, 5.74) is 6.07. The van der Waals surface area contributed by atoms with Gasteiger partial charge in [-0.25, -0.2) is 9.18 Å². The number of nitrogens with two attached hydrogens (primary N) is 1. The Balaban J connectivity index is 1.71. The highest BCUT2D eigenvalue weighted by atomic mass is 32.1. The lowest BCUT2D eigenvalue weighted by Gasteiger charge is -2.28. The van der Waals surface area contributed by atoms with Crippen molar-refractivity contribution in [1.82, 2.24) is 5.01 Å². The van der Waals surface area contributed by atoms with E-state index in [1.807, 2.05) is 7.05 Å². The van der Waals surface area contributed by atoms with Crippen molar-refractivity contribution >= 4 is 41.2 Å². The fourth-order valence-corrected chi connectivity index (χ4v) is 2.66. The quantitative estimate of drug-likeness (QED) is 0.798. The number of amides is 1. The summed E-state index contributed by atoms with van der Waals surface area (Å²) in [6.45, 7) is 1.62. The molecule has 1 fully saturated rings. The molecular weight excluding hydrogens is 349 g/mol. The molecule has 1 saturated heterocycles. The lowest BCUT2D eigenvalue weighted by molar-refractivity contribution is 0.102. The SMILES string of the molecule is CN1CCN(c2ccc(N3C[C@H](COC(N)=S)OC3=O)cc2F)C=N1. The molecule has 0 aromatic heterocycles. The van der Waals surface area contributed by atoms with Crippen LogP contribution in [0.4, 0.5) is 20.6 Å². The Morgan fingerprint density at radius 3 is 2.96 bits per heavy atom. The molecule has 8 nitrogen and oxygen atoms in total. The summed E-state index contributed by atoms with van der Waals surface area (Å²) in [7, 11) is 1.85. The predicted molar refractivity (Wildman–Crippen MR) is 95.2 cm³/mol. The number of benzene rings is 1. The summed E-state index contributed by atoms with van der Waals surface area (Å²) >= 11 is 4.62. The minimum Gasteiger partial charge on any atom is -0.467 e. The molecule has 1 atom stereocenters. The molecule has 0 spiro atoms. The van der Waals surface area contributed by atoms with E-state index in [1.165, 1.54) is 11.0 Å². The van der Waals surface area contributed by atoms with Gasteiger partial charge in [0.15, 0.2) is 6.10 Å². The Kier molecular flexibility index (Phi) is 4.88. The standard InChI is InChI=1S/C15H18FN5O3S/c1-19-4-5-20(9-18-19)13-3-2-10(6-12(13)16)21-7-11(24-15(21)22)8-23-14(17)25/h2-3,6,9,11H,4-5,7-8H2,1H3,(H2,17,25)/t11-/m1/s1. The van der Waals surface area contributed by atoms with Crippen LogP contribution in [0.3, 0.4) is 0 Å². The van der Waals surface area contributed by atoms with E-state index < -0.39 is 18.0 Å². The first-order valence-corrected chi connectivity index (χ1v) is 8.06. The lowest BCUT2D eigenvalue weighted by Crippen LogP contribution is -2.36. The molecule has 1 aromatic rings. The average molecular weight is 367 g/mol. The number of carbonyl (C=O) groups is 1. The molecule has 2 aliphatic rings. The van der Waals surface area contributed by atoms with Gasteiger partial charge >= 0.3 is 6.09 Å². The molecule has 2 heterocycles. The van der Waals surface area contributed by atoms with E-state index in [1.54, 1.807) is 28.4 Å². The van der Waals surface area contributed by atoms with Crippen LogP contribution in [-0.4, -0.2) is 62.0 Å². The monoisotopic (exact) mass is 367 g/mol. The van der Waals surface area contributed by atoms with Gasteiger partial charge in [0, 0.05) is 13.6 Å². The minimum absolute atomic E-state index is 0.0654. The van der Waals surface area contributed by atoms with Gasteiger partial charge in [-0.05, 0) is 30.4 Å². The zero-order valence-electron chi connectivity index (χ0n) is 13.6. The van der Waals surface area contributed by atoms with E-state index in [0.29, 0.717) is 24.5 Å². The van der Waals surface area contributed by atoms with Crippen molar-refractivity contribution in [2.24, 2.45) is 10.8 Å². The highest BCUT2D eigenvalue weighted by Gasteiger charge is 2.33. The van der Waals surface area contributed by atoms with Gasteiger partial charge in [-0.15, -0.1) is 0 Å². The van der Waals surface area contributed by atoms with Gasteiger partial charge in [0.1, 0.15) is 18.8 Å². The van der Waals surface area contributed by atoms with Crippen molar-refractivity contribution in [2.75, 3.05) is 43.1 Å². The van der Waals surface area contributed by atoms with E-state index in [4.69, 9.17) is 15.2 Å². The van der Waals surface area contributed by atoms with Gasteiger partial charge in [0.05, 0.1) is 24.5 Å². The van der Waals surface area contributed by atoms with Crippen LogP contribution in [0.25, 0.3) is 0 Å². The number of ether oxygens (including phenoxy) is 2. The number of cyclic esters (lactones) is 1. The normalized spacial score (nSPS) is 20.0. The van der Waals surface area contributed by atoms with Crippen molar-refractivity contribution in [3.63, 3.8) is 0 Å². The third-order valence-electron chi connectivity index (χ3n) is 3.89. The number of halogens is 1. The highest BCUT2D eigenvalue weighted by Crippen LogP contribution is 2.28. The number of anilines is 2. The minimum atomic E-state index is -0.565. The van der Waals surface area contributed by atoms with Crippen molar-refractivity contribution in [3.8, 4) is 0 Å². The van der Waals surface area contributed by atoms with Crippen LogP contribution in [0.1, 0.15) is 0 Å². The van der Waals surface area contributed by atoms with Gasteiger partial charge in [-0.2, -0.15) is 5.10 Å². The van der Waals surface area contributed by atoms with Crippen LogP contribution < -0.4 is 15.5 Å². The molecule has 1 aromatic carbocycles. The molecule has 0 aliphatic carbocycles. The second-order valence-corrected chi connectivity index (χ2v) is 6.09. The number of carbonyl (C=O) groups excluding carboxylic acids is 1. The first-order chi connectivity index (χ1) is 11.9. The molecule has 25 heavy (non-hydrogen) atoms. The third-order valence-corrected chi connectivity index (χ3v) is 4.01. The largest absolute Gasteiger partial charge is 0.467 e. The fourth-order valence-electron chi connectivity index (χ4n) is 2.59. The highest BCUT2D eigenvalue weighted by molar-refractivity contribution is 7.80. The number of hydrogen-bond donors (Lipinski definition) is 1. The van der Waals surface area contributed by atoms with Gasteiger partial charge in [0.25, 0.3) is 5.17 Å². The molecular formula is C15H18FN5O3S. The van der Waals surface area contributed by atoms with Crippen LogP contribution >= 0.6 is 12.2 Å². The average Bonchev–Trinajstić information content (AvgIpc) is 2.95. The number of hydrogen-bond acceptors (Lipinski definition) is 7. The second kappa shape index (κ2) is 7.09. The maximum absolute atomic E-state index is 14.5. The van der Waals surface area contributed by atoms with E-state index in [9.17, 15) is 9.18 Å². The summed E-state index contributed by atoms with van der Waals surface area (Å²) in [5.74, 6) is -0.441. The Labute approximate surface area is 149 Å². The van der Waals surface area contributed by atoms with E-state index >= 15 is 0 Å². The van der Waals surface area contributed by atoms with Crippen LogP contribution in [0, 0.1) is 5.82 Å². The smallest absolute Gasteiger partial charge is 0.414 e. The van der Waals surface area contributed by atoms with Gasteiger partial charge in [-0.3, -0.25) is 9.91 Å². The summed E-state index contributed by atoms with van der Waals surface area (Å²) in [4.78, 5) is 15.1. The van der Waals surface area contributed by atoms with E-state index in [2.05, 4.69) is 17.3 Å². The molecule has 0 radical (unpaired) electrons. The molecule has 0 unspecified atom stereocenters. The Bertz CT molecular complexity index is 716. The van der Waals surface area contributed by atoms with Gasteiger partial charge < -0.3 is 20.1 Å². The summed E-state index contributed by atoms with van der Waals surface area (Å²) in [6, 6.07) is 4.59. The van der Waals surface area contributed by atoms with Crippen molar-refractivity contribution < 1.29 is 18.7 Å². The molecule has 10 heteroatoms. The molecule has 134 valence electrons. The summed E-state index contributed by atoms with van der Waals surface area (Å²) < 4.78 is 24.7. The van der Waals surface area contributed by atoms with Crippen molar-refractivity contribution in [3.05, 3.63) is 24.0 Å². The van der Waals surface area contributed by atoms with Crippen molar-refractivity contribution in [1.29, 1.82) is 0 Å². The fraction of sp³-hybridized carbons (Fsp3) is 0.400. The van der Waals surface area contributed by atoms with Gasteiger partial charge in [-0.1, -0.05) is 0 Å². The van der Waals surface area contributed by atoms with Gasteiger partial charge in [0.2, 0.25) is 0 Å². The maximum atomic E-state index is 14.5. The first kappa shape index (κ1) is 17.2. The number of thiocarbonyl (C=S) groups is 1. The molecule has 2 aliphatic heterocycles. The maximum Gasteiger partial charge on any atom is 0.414 e. The Hall–Kier alpha value is -2.62. The van der Waals surface area contributed by atoms with Crippen molar-refractivity contribution in [2.45, 2.75) is 6.10 Å². The summed E-state index contributed by atoms with van der Waals surface area (Å²) in [5, 5.41) is 5.80. The predicted octanol–water partition coefficient (Wildman–Crippen LogP) is 1.11. The number of likely N-dealkylation sites (N-methyl/N-ethyl adjacent to an activating group) is 1. The molecule has 1 amide bonds. The molecule has 2 N–H and O–H groups in total. The van der Waals surface area contributed by atoms with Crippen LogP contribution in [0.5, 0.6) is 0 Å². The molecule has 0 bridgehead atoms. The number of nitrogens with zero attached hydrogens (tertiary/aromatic N) is 4.